The maximum absolute atomic E-state index is 12.3. The minimum absolute atomic E-state index is 0.132. The number of carbonyl (C=O) groups is 2. The summed E-state index contributed by atoms with van der Waals surface area (Å²) in [7, 11) is 2.95. The van der Waals surface area contributed by atoms with Crippen molar-refractivity contribution in [2.24, 2.45) is 0 Å². The molecule has 0 aromatic heterocycles. The molecule has 1 aromatic rings. The second kappa shape index (κ2) is 7.19. The average Bonchev–Trinajstić information content (AvgIpc) is 2.54. The van der Waals surface area contributed by atoms with Gasteiger partial charge in [0.1, 0.15) is 0 Å². The van der Waals surface area contributed by atoms with Crippen molar-refractivity contribution in [3.05, 3.63) is 29.8 Å². The minimum Gasteiger partial charge on any atom is -0.354 e. The Bertz CT molecular complexity index is 514. The van der Waals surface area contributed by atoms with E-state index in [0.29, 0.717) is 6.54 Å². The summed E-state index contributed by atoms with van der Waals surface area (Å²) >= 11 is 0. The zero-order valence-corrected chi connectivity index (χ0v) is 12.3. The van der Waals surface area contributed by atoms with Crippen LogP contribution in [0.25, 0.3) is 0 Å². The van der Waals surface area contributed by atoms with Gasteiger partial charge in [-0.05, 0) is 24.5 Å². The van der Waals surface area contributed by atoms with Crippen LogP contribution >= 0.6 is 0 Å². The molecule has 1 aromatic carbocycles. The number of rotatable bonds is 4. The van der Waals surface area contributed by atoms with Crippen LogP contribution in [0.4, 0.5) is 5.69 Å². The molecule has 0 fully saturated rings. The van der Waals surface area contributed by atoms with Gasteiger partial charge < -0.3 is 19.7 Å². The van der Waals surface area contributed by atoms with Crippen molar-refractivity contribution in [3.63, 3.8) is 0 Å². The summed E-state index contributed by atoms with van der Waals surface area (Å²) in [6.07, 6.45) is 1.22. The van der Waals surface area contributed by atoms with E-state index < -0.39 is 18.1 Å². The van der Waals surface area contributed by atoms with E-state index in [4.69, 9.17) is 9.47 Å². The molecule has 114 valence electrons. The average molecular weight is 292 g/mol. The van der Waals surface area contributed by atoms with E-state index in [9.17, 15) is 9.59 Å². The molecule has 0 saturated carbocycles. The SMILES string of the molecule is COC(CNC(=O)C(=O)N1CCCc2ccccc21)OC. The van der Waals surface area contributed by atoms with Crippen LogP contribution in [0.3, 0.4) is 0 Å². The number of methoxy groups -OCH3 is 2. The van der Waals surface area contributed by atoms with Gasteiger partial charge in [0.2, 0.25) is 0 Å². The Hall–Kier alpha value is -1.92. The summed E-state index contributed by atoms with van der Waals surface area (Å²) in [6.45, 7) is 0.689. The van der Waals surface area contributed by atoms with Gasteiger partial charge in [-0.3, -0.25) is 9.59 Å². The van der Waals surface area contributed by atoms with Gasteiger partial charge in [-0.15, -0.1) is 0 Å². The highest BCUT2D eigenvalue weighted by Crippen LogP contribution is 2.26. The highest BCUT2D eigenvalue weighted by Gasteiger charge is 2.27. The van der Waals surface area contributed by atoms with Crippen LogP contribution in [0, 0.1) is 0 Å². The summed E-state index contributed by atoms with van der Waals surface area (Å²) in [6, 6.07) is 7.66. The molecule has 6 nitrogen and oxygen atoms in total. The Balaban J connectivity index is 2.02. The summed E-state index contributed by atoms with van der Waals surface area (Å²) in [5, 5.41) is 2.53. The van der Waals surface area contributed by atoms with Crippen molar-refractivity contribution < 1.29 is 19.1 Å². The monoisotopic (exact) mass is 292 g/mol. The number of hydrogen-bond acceptors (Lipinski definition) is 4. The molecule has 6 heteroatoms. The third kappa shape index (κ3) is 3.59. The number of amides is 2. The summed E-state index contributed by atoms with van der Waals surface area (Å²) < 4.78 is 9.94. The van der Waals surface area contributed by atoms with Crippen LogP contribution in [-0.2, 0) is 25.5 Å². The lowest BCUT2D eigenvalue weighted by molar-refractivity contribution is -0.140. The first-order chi connectivity index (χ1) is 10.2. The number of para-hydroxylation sites is 1. The van der Waals surface area contributed by atoms with Gasteiger partial charge in [0, 0.05) is 26.5 Å². The molecular formula is C15H20N2O4. The topological polar surface area (TPSA) is 67.9 Å². The number of aryl methyl sites for hydroxylation is 1. The number of nitrogens with one attached hydrogen (secondary N) is 1. The predicted octanol–water partition coefficient (Wildman–Crippen LogP) is 0.701. The molecule has 0 aliphatic carbocycles. The van der Waals surface area contributed by atoms with Gasteiger partial charge in [-0.2, -0.15) is 0 Å². The third-order valence-corrected chi connectivity index (χ3v) is 3.50. The first-order valence-electron chi connectivity index (χ1n) is 6.90. The molecule has 1 heterocycles. The molecule has 0 unspecified atom stereocenters. The lowest BCUT2D eigenvalue weighted by Gasteiger charge is -2.29. The van der Waals surface area contributed by atoms with E-state index in [0.717, 1.165) is 24.1 Å². The van der Waals surface area contributed by atoms with Gasteiger partial charge in [-0.25, -0.2) is 0 Å². The molecule has 1 aliphatic rings. The van der Waals surface area contributed by atoms with Gasteiger partial charge in [-0.1, -0.05) is 18.2 Å². The van der Waals surface area contributed by atoms with Crippen molar-refractivity contribution in [1.29, 1.82) is 0 Å². The molecular weight excluding hydrogens is 272 g/mol. The maximum atomic E-state index is 12.3. The molecule has 0 bridgehead atoms. The van der Waals surface area contributed by atoms with E-state index in [2.05, 4.69) is 5.32 Å². The Morgan fingerprint density at radius 3 is 2.71 bits per heavy atom. The lowest BCUT2D eigenvalue weighted by Crippen LogP contribution is -2.47. The van der Waals surface area contributed by atoms with Crippen LogP contribution in [-0.4, -0.2) is 45.4 Å². The number of fused-ring (bicyclic) bond motifs is 1. The van der Waals surface area contributed by atoms with Gasteiger partial charge in [0.15, 0.2) is 6.29 Å². The van der Waals surface area contributed by atoms with Crippen molar-refractivity contribution in [3.8, 4) is 0 Å². The van der Waals surface area contributed by atoms with E-state index in [1.54, 1.807) is 0 Å². The first-order valence-corrected chi connectivity index (χ1v) is 6.90. The highest BCUT2D eigenvalue weighted by molar-refractivity contribution is 6.40. The van der Waals surface area contributed by atoms with Crippen LogP contribution in [0.5, 0.6) is 0 Å². The van der Waals surface area contributed by atoms with Crippen LogP contribution in [0.2, 0.25) is 0 Å². The predicted molar refractivity (Wildman–Crippen MR) is 77.9 cm³/mol. The summed E-state index contributed by atoms with van der Waals surface area (Å²) in [4.78, 5) is 25.8. The molecule has 0 saturated heterocycles. The largest absolute Gasteiger partial charge is 0.354 e. The molecule has 0 atom stereocenters. The van der Waals surface area contributed by atoms with Crippen LogP contribution in [0.1, 0.15) is 12.0 Å². The number of anilines is 1. The molecule has 1 N–H and O–H groups in total. The molecule has 2 amide bonds. The second-order valence-electron chi connectivity index (χ2n) is 4.80. The Morgan fingerprint density at radius 2 is 2.00 bits per heavy atom. The van der Waals surface area contributed by atoms with Crippen molar-refractivity contribution >= 4 is 17.5 Å². The third-order valence-electron chi connectivity index (χ3n) is 3.50. The first kappa shape index (κ1) is 15.5. The van der Waals surface area contributed by atoms with Crippen LogP contribution < -0.4 is 10.2 Å². The number of ether oxygens (including phenoxy) is 2. The Kier molecular flexibility index (Phi) is 5.30. The summed E-state index contributed by atoms with van der Waals surface area (Å²) in [5.74, 6) is -1.20. The van der Waals surface area contributed by atoms with E-state index in [1.807, 2.05) is 24.3 Å². The molecule has 0 radical (unpaired) electrons. The molecule has 1 aliphatic heterocycles. The standard InChI is InChI=1S/C15H20N2O4/c1-20-13(21-2)10-16-14(18)15(19)17-9-5-7-11-6-3-4-8-12(11)17/h3-4,6,8,13H,5,7,9-10H2,1-2H3,(H,16,18). The van der Waals surface area contributed by atoms with Gasteiger partial charge >= 0.3 is 11.8 Å². The molecule has 21 heavy (non-hydrogen) atoms. The fourth-order valence-corrected chi connectivity index (χ4v) is 2.38. The number of nitrogens with zero attached hydrogens (tertiary/aromatic N) is 1. The van der Waals surface area contributed by atoms with Crippen molar-refractivity contribution in [2.45, 2.75) is 19.1 Å². The fraction of sp³-hybridized carbons (Fsp3) is 0.467. The summed E-state index contributed by atoms with van der Waals surface area (Å²) in [5.41, 5.74) is 1.91. The fourth-order valence-electron chi connectivity index (χ4n) is 2.38. The smallest absolute Gasteiger partial charge is 0.316 e. The Morgan fingerprint density at radius 1 is 1.29 bits per heavy atom. The van der Waals surface area contributed by atoms with Crippen molar-refractivity contribution in [1.82, 2.24) is 5.32 Å². The Labute approximate surface area is 124 Å². The molecule has 0 spiro atoms. The minimum atomic E-state index is -0.647. The van der Waals surface area contributed by atoms with Gasteiger partial charge in [0.25, 0.3) is 0 Å². The number of carbonyl (C=O) groups excluding carboxylic acids is 2. The number of benzene rings is 1. The van der Waals surface area contributed by atoms with E-state index in [1.165, 1.54) is 19.1 Å². The normalized spacial score (nSPS) is 14.0. The van der Waals surface area contributed by atoms with E-state index in [-0.39, 0.29) is 6.54 Å². The highest BCUT2D eigenvalue weighted by atomic mass is 16.7. The number of hydrogen-bond donors (Lipinski definition) is 1. The second-order valence-corrected chi connectivity index (χ2v) is 4.80. The molecule has 2 rings (SSSR count). The maximum Gasteiger partial charge on any atom is 0.316 e. The zero-order chi connectivity index (χ0) is 15.2. The van der Waals surface area contributed by atoms with Crippen molar-refractivity contribution in [2.75, 3.05) is 32.2 Å². The van der Waals surface area contributed by atoms with Crippen LogP contribution in [0.15, 0.2) is 24.3 Å². The lowest BCUT2D eigenvalue weighted by atomic mass is 10.0. The zero-order valence-electron chi connectivity index (χ0n) is 12.3. The quantitative estimate of drug-likeness (QED) is 0.655. The van der Waals surface area contributed by atoms with Gasteiger partial charge in [0.05, 0.1) is 6.54 Å². The van der Waals surface area contributed by atoms with E-state index >= 15 is 0 Å².